The average Bonchev–Trinajstić information content (AvgIpc) is 3.11. The summed E-state index contributed by atoms with van der Waals surface area (Å²) in [4.78, 5) is 45.3. The predicted octanol–water partition coefficient (Wildman–Crippen LogP) is 0.859. The Hall–Kier alpha value is -3.49. The van der Waals surface area contributed by atoms with Crippen LogP contribution in [-0.4, -0.2) is 38.1 Å². The molecule has 0 aliphatic rings. The Morgan fingerprint density at radius 1 is 1.29 bits per heavy atom. The SMILES string of the molecule is COC(=O)[C@H](NC(=O)CCn1cnc2c(C)cccc2c1=O)c1cncn1C. The molecule has 3 aromatic rings. The fraction of sp³-hybridized carbons (Fsp3) is 0.316. The van der Waals surface area contributed by atoms with Gasteiger partial charge in [0.15, 0.2) is 6.04 Å². The first-order chi connectivity index (χ1) is 13.4. The second-order valence-electron chi connectivity index (χ2n) is 6.42. The molecule has 2 heterocycles. The van der Waals surface area contributed by atoms with Crippen molar-refractivity contribution in [2.24, 2.45) is 7.05 Å². The van der Waals surface area contributed by atoms with Crippen LogP contribution in [0.25, 0.3) is 10.9 Å². The maximum Gasteiger partial charge on any atom is 0.334 e. The first kappa shape index (κ1) is 19.3. The topological polar surface area (TPSA) is 108 Å². The van der Waals surface area contributed by atoms with Gasteiger partial charge >= 0.3 is 5.97 Å². The number of carbonyl (C=O) groups is 2. The number of nitrogens with zero attached hydrogens (tertiary/aromatic N) is 4. The largest absolute Gasteiger partial charge is 0.467 e. The first-order valence-corrected chi connectivity index (χ1v) is 8.70. The number of esters is 1. The number of aryl methyl sites for hydroxylation is 3. The third-order valence-electron chi connectivity index (χ3n) is 4.53. The normalized spacial score (nSPS) is 12.0. The number of methoxy groups -OCH3 is 1. The predicted molar refractivity (Wildman–Crippen MR) is 101 cm³/mol. The van der Waals surface area contributed by atoms with Crippen LogP contribution in [0.15, 0.2) is 41.8 Å². The fourth-order valence-corrected chi connectivity index (χ4v) is 2.97. The van der Waals surface area contributed by atoms with Crippen molar-refractivity contribution in [2.45, 2.75) is 25.9 Å². The van der Waals surface area contributed by atoms with Crippen molar-refractivity contribution in [3.63, 3.8) is 0 Å². The van der Waals surface area contributed by atoms with Crippen LogP contribution in [0.1, 0.15) is 23.7 Å². The quantitative estimate of drug-likeness (QED) is 0.633. The molecule has 0 saturated heterocycles. The number of ether oxygens (including phenoxy) is 1. The number of para-hydroxylation sites is 1. The smallest absolute Gasteiger partial charge is 0.334 e. The summed E-state index contributed by atoms with van der Waals surface area (Å²) in [5.41, 5.74) is 1.85. The molecule has 1 N–H and O–H groups in total. The lowest BCUT2D eigenvalue weighted by molar-refractivity contribution is -0.145. The summed E-state index contributed by atoms with van der Waals surface area (Å²) in [7, 11) is 2.97. The van der Waals surface area contributed by atoms with Crippen molar-refractivity contribution in [3.05, 3.63) is 58.7 Å². The van der Waals surface area contributed by atoms with Gasteiger partial charge in [-0.25, -0.2) is 14.8 Å². The molecule has 0 bridgehead atoms. The maximum atomic E-state index is 12.6. The minimum Gasteiger partial charge on any atom is -0.467 e. The number of amides is 1. The zero-order chi connectivity index (χ0) is 20.3. The molecule has 0 radical (unpaired) electrons. The molecule has 0 unspecified atom stereocenters. The Kier molecular flexibility index (Phi) is 5.53. The second-order valence-corrected chi connectivity index (χ2v) is 6.42. The van der Waals surface area contributed by atoms with Gasteiger partial charge in [-0.15, -0.1) is 0 Å². The van der Waals surface area contributed by atoms with Crippen molar-refractivity contribution in [2.75, 3.05) is 7.11 Å². The lowest BCUT2D eigenvalue weighted by Crippen LogP contribution is -2.36. The molecule has 28 heavy (non-hydrogen) atoms. The lowest BCUT2D eigenvalue weighted by atomic mass is 10.1. The number of hydrogen-bond donors (Lipinski definition) is 1. The van der Waals surface area contributed by atoms with Crippen LogP contribution in [0, 0.1) is 6.92 Å². The molecule has 9 heteroatoms. The third-order valence-corrected chi connectivity index (χ3v) is 4.53. The highest BCUT2D eigenvalue weighted by Crippen LogP contribution is 2.14. The molecule has 0 fully saturated rings. The van der Waals surface area contributed by atoms with Crippen molar-refractivity contribution >= 4 is 22.8 Å². The number of hydrogen-bond acceptors (Lipinski definition) is 6. The van der Waals surface area contributed by atoms with Crippen molar-refractivity contribution in [1.82, 2.24) is 24.4 Å². The van der Waals surface area contributed by atoms with E-state index in [4.69, 9.17) is 4.74 Å². The van der Waals surface area contributed by atoms with Gasteiger partial charge in [-0.1, -0.05) is 12.1 Å². The van der Waals surface area contributed by atoms with Gasteiger partial charge in [0, 0.05) is 20.0 Å². The summed E-state index contributed by atoms with van der Waals surface area (Å²) in [5, 5.41) is 3.14. The molecule has 0 aliphatic heterocycles. The third kappa shape index (κ3) is 3.78. The van der Waals surface area contributed by atoms with E-state index in [9.17, 15) is 14.4 Å². The van der Waals surface area contributed by atoms with E-state index in [1.165, 1.54) is 30.5 Å². The van der Waals surface area contributed by atoms with Gasteiger partial charge in [0.25, 0.3) is 5.56 Å². The summed E-state index contributed by atoms with van der Waals surface area (Å²) in [6, 6.07) is 4.42. The van der Waals surface area contributed by atoms with Gasteiger partial charge in [-0.3, -0.25) is 14.2 Å². The van der Waals surface area contributed by atoms with E-state index in [0.29, 0.717) is 16.6 Å². The van der Waals surface area contributed by atoms with Crippen LogP contribution < -0.4 is 10.9 Å². The van der Waals surface area contributed by atoms with Crippen LogP contribution in [0.5, 0.6) is 0 Å². The van der Waals surface area contributed by atoms with Crippen molar-refractivity contribution in [3.8, 4) is 0 Å². The Balaban J connectivity index is 1.74. The van der Waals surface area contributed by atoms with Crippen LogP contribution >= 0.6 is 0 Å². The minimum atomic E-state index is -0.973. The van der Waals surface area contributed by atoms with Gasteiger partial charge in [-0.05, 0) is 18.6 Å². The summed E-state index contributed by atoms with van der Waals surface area (Å²) in [6.45, 7) is 2.03. The van der Waals surface area contributed by atoms with Gasteiger partial charge in [0.05, 0.1) is 42.6 Å². The molecule has 0 spiro atoms. The molecule has 9 nitrogen and oxygen atoms in total. The summed E-state index contributed by atoms with van der Waals surface area (Å²) >= 11 is 0. The van der Waals surface area contributed by atoms with Gasteiger partial charge < -0.3 is 14.6 Å². The number of nitrogens with one attached hydrogen (secondary N) is 1. The monoisotopic (exact) mass is 383 g/mol. The number of imidazole rings is 1. The van der Waals surface area contributed by atoms with E-state index in [-0.39, 0.29) is 18.5 Å². The number of rotatable bonds is 6. The number of fused-ring (bicyclic) bond motifs is 1. The highest BCUT2D eigenvalue weighted by Gasteiger charge is 2.26. The molecule has 1 amide bonds. The van der Waals surface area contributed by atoms with Gasteiger partial charge in [0.1, 0.15) is 0 Å². The minimum absolute atomic E-state index is 0.00422. The molecule has 2 aromatic heterocycles. The van der Waals surface area contributed by atoms with Crippen LogP contribution in [0.3, 0.4) is 0 Å². The standard InChI is InChI=1S/C19H21N5O4/c1-12-5-4-6-13-16(12)21-11-24(18(13)26)8-7-15(25)22-17(19(27)28-3)14-9-20-10-23(14)2/h4-6,9-11,17H,7-8H2,1-3H3,(H,22,25)/t17-/m1/s1. The highest BCUT2D eigenvalue weighted by molar-refractivity contribution is 5.85. The average molecular weight is 383 g/mol. The maximum absolute atomic E-state index is 12.6. The molecule has 1 atom stereocenters. The van der Waals surface area contributed by atoms with E-state index in [1.807, 2.05) is 13.0 Å². The highest BCUT2D eigenvalue weighted by atomic mass is 16.5. The molecular formula is C19H21N5O4. The Bertz CT molecular complexity index is 1090. The van der Waals surface area contributed by atoms with Gasteiger partial charge in [-0.2, -0.15) is 0 Å². The van der Waals surface area contributed by atoms with Crippen molar-refractivity contribution < 1.29 is 14.3 Å². The van der Waals surface area contributed by atoms with Crippen molar-refractivity contribution in [1.29, 1.82) is 0 Å². The Morgan fingerprint density at radius 2 is 2.07 bits per heavy atom. The van der Waals surface area contributed by atoms with Crippen LogP contribution in [0.4, 0.5) is 0 Å². The zero-order valence-corrected chi connectivity index (χ0v) is 15.9. The summed E-state index contributed by atoms with van der Waals surface area (Å²) in [5.74, 6) is -0.996. The molecule has 1 aromatic carbocycles. The molecule has 146 valence electrons. The fourth-order valence-electron chi connectivity index (χ4n) is 2.97. The molecule has 0 aliphatic carbocycles. The summed E-state index contributed by atoms with van der Waals surface area (Å²) < 4.78 is 7.79. The van der Waals surface area contributed by atoms with E-state index in [1.54, 1.807) is 23.7 Å². The lowest BCUT2D eigenvalue weighted by Gasteiger charge is -2.17. The second kappa shape index (κ2) is 8.03. The zero-order valence-electron chi connectivity index (χ0n) is 15.9. The van der Waals surface area contributed by atoms with Crippen LogP contribution in [0.2, 0.25) is 0 Å². The van der Waals surface area contributed by atoms with Crippen LogP contribution in [-0.2, 0) is 27.9 Å². The Morgan fingerprint density at radius 3 is 2.75 bits per heavy atom. The van der Waals surface area contributed by atoms with Gasteiger partial charge in [0.2, 0.25) is 5.91 Å². The van der Waals surface area contributed by atoms with E-state index in [0.717, 1.165) is 5.56 Å². The number of carbonyl (C=O) groups excluding carboxylic acids is 2. The summed E-state index contributed by atoms with van der Waals surface area (Å²) in [6.07, 6.45) is 4.45. The van der Waals surface area contributed by atoms with E-state index < -0.39 is 17.9 Å². The molecule has 0 saturated carbocycles. The number of benzene rings is 1. The van der Waals surface area contributed by atoms with E-state index in [2.05, 4.69) is 15.3 Å². The molecular weight excluding hydrogens is 362 g/mol. The first-order valence-electron chi connectivity index (χ1n) is 8.70. The number of aromatic nitrogens is 4. The molecule has 3 rings (SSSR count). The Labute approximate surface area is 161 Å². The van der Waals surface area contributed by atoms with E-state index >= 15 is 0 Å².